The maximum absolute atomic E-state index is 13.3. The van der Waals surface area contributed by atoms with Gasteiger partial charge < -0.3 is 15.2 Å². The molecule has 1 saturated heterocycles. The number of piperidine rings is 1. The zero-order valence-corrected chi connectivity index (χ0v) is 14.5. The largest absolute Gasteiger partial charge is 0.356 e. The van der Waals surface area contributed by atoms with Crippen LogP contribution in [0.25, 0.3) is 10.9 Å². The third kappa shape index (κ3) is 4.00. The number of benzene rings is 1. The van der Waals surface area contributed by atoms with E-state index >= 15 is 0 Å². The Morgan fingerprint density at radius 1 is 1.28 bits per heavy atom. The van der Waals surface area contributed by atoms with Gasteiger partial charge in [0.25, 0.3) is 5.91 Å². The van der Waals surface area contributed by atoms with E-state index in [0.717, 1.165) is 24.9 Å². The first-order valence-corrected chi connectivity index (χ1v) is 8.93. The number of halogens is 1. The number of rotatable bonds is 5. The summed E-state index contributed by atoms with van der Waals surface area (Å²) in [4.78, 5) is 29.6. The number of nitrogens with zero attached hydrogens (tertiary/aromatic N) is 1. The average Bonchev–Trinajstić information content (AvgIpc) is 3.04. The first-order chi connectivity index (χ1) is 12.1. The second kappa shape index (κ2) is 7.68. The van der Waals surface area contributed by atoms with Crippen molar-refractivity contribution in [2.75, 3.05) is 19.6 Å². The van der Waals surface area contributed by atoms with Crippen LogP contribution < -0.4 is 5.32 Å². The topological polar surface area (TPSA) is 65.2 Å². The molecule has 0 atom stereocenters. The second-order valence-corrected chi connectivity index (χ2v) is 6.63. The minimum absolute atomic E-state index is 0.0160. The summed E-state index contributed by atoms with van der Waals surface area (Å²) >= 11 is 0. The molecule has 0 spiro atoms. The van der Waals surface area contributed by atoms with Crippen molar-refractivity contribution in [2.45, 2.75) is 32.6 Å². The number of aromatic nitrogens is 1. The molecular weight excluding hydrogens is 321 g/mol. The molecule has 0 bridgehead atoms. The van der Waals surface area contributed by atoms with E-state index in [-0.39, 0.29) is 23.5 Å². The van der Waals surface area contributed by atoms with Gasteiger partial charge in [-0.1, -0.05) is 13.3 Å². The van der Waals surface area contributed by atoms with Gasteiger partial charge in [0.15, 0.2) is 0 Å². The highest BCUT2D eigenvalue weighted by atomic mass is 19.1. The van der Waals surface area contributed by atoms with E-state index in [9.17, 15) is 14.0 Å². The lowest BCUT2D eigenvalue weighted by Gasteiger charge is -2.31. The quantitative estimate of drug-likeness (QED) is 0.818. The van der Waals surface area contributed by atoms with Crippen molar-refractivity contribution < 1.29 is 14.0 Å². The van der Waals surface area contributed by atoms with Crippen LogP contribution in [0.15, 0.2) is 24.3 Å². The van der Waals surface area contributed by atoms with Crippen LogP contribution in [0.1, 0.15) is 43.1 Å². The first-order valence-electron chi connectivity index (χ1n) is 8.93. The van der Waals surface area contributed by atoms with E-state index in [1.807, 2.05) is 0 Å². The maximum Gasteiger partial charge on any atom is 0.270 e. The number of hydrogen-bond acceptors (Lipinski definition) is 2. The van der Waals surface area contributed by atoms with Crippen molar-refractivity contribution in [1.82, 2.24) is 15.2 Å². The molecule has 25 heavy (non-hydrogen) atoms. The molecule has 2 amide bonds. The minimum Gasteiger partial charge on any atom is -0.356 e. The smallest absolute Gasteiger partial charge is 0.270 e. The fourth-order valence-corrected chi connectivity index (χ4v) is 3.27. The van der Waals surface area contributed by atoms with Crippen LogP contribution in [0, 0.1) is 11.7 Å². The van der Waals surface area contributed by atoms with Gasteiger partial charge in [0.2, 0.25) is 5.91 Å². The first kappa shape index (κ1) is 17.5. The number of fused-ring (bicyclic) bond motifs is 1. The molecule has 2 N–H and O–H groups in total. The van der Waals surface area contributed by atoms with E-state index in [4.69, 9.17) is 0 Å². The lowest BCUT2D eigenvalue weighted by atomic mass is 9.95. The number of nitrogens with one attached hydrogen (secondary N) is 2. The van der Waals surface area contributed by atoms with Crippen molar-refractivity contribution in [3.8, 4) is 0 Å². The Morgan fingerprint density at radius 3 is 2.76 bits per heavy atom. The van der Waals surface area contributed by atoms with Crippen LogP contribution in [0.2, 0.25) is 0 Å². The molecule has 0 aliphatic carbocycles. The van der Waals surface area contributed by atoms with Gasteiger partial charge in [0.05, 0.1) is 0 Å². The highest BCUT2D eigenvalue weighted by Crippen LogP contribution is 2.22. The van der Waals surface area contributed by atoms with E-state index in [2.05, 4.69) is 17.2 Å². The molecule has 134 valence electrons. The molecule has 0 radical (unpaired) electrons. The Labute approximate surface area is 146 Å². The summed E-state index contributed by atoms with van der Waals surface area (Å²) in [5.41, 5.74) is 1.21. The molecule has 1 aliphatic heterocycles. The fraction of sp³-hybridized carbons (Fsp3) is 0.474. The van der Waals surface area contributed by atoms with Crippen molar-refractivity contribution >= 4 is 22.7 Å². The Morgan fingerprint density at radius 2 is 2.04 bits per heavy atom. The number of unbranched alkanes of at least 4 members (excludes halogenated alkanes) is 1. The van der Waals surface area contributed by atoms with Crippen molar-refractivity contribution in [2.24, 2.45) is 5.92 Å². The van der Waals surface area contributed by atoms with E-state index in [1.54, 1.807) is 17.0 Å². The molecule has 6 heteroatoms. The summed E-state index contributed by atoms with van der Waals surface area (Å²) in [6.07, 6.45) is 3.41. The molecule has 1 aromatic carbocycles. The highest BCUT2D eigenvalue weighted by Gasteiger charge is 2.28. The number of H-pyrrole nitrogens is 1. The van der Waals surface area contributed by atoms with Crippen molar-refractivity contribution in [1.29, 1.82) is 0 Å². The Hall–Kier alpha value is -2.37. The molecule has 1 fully saturated rings. The molecule has 2 aromatic rings. The van der Waals surface area contributed by atoms with Crippen LogP contribution in [-0.4, -0.2) is 41.3 Å². The van der Waals surface area contributed by atoms with Crippen molar-refractivity contribution in [3.63, 3.8) is 0 Å². The number of carbonyl (C=O) groups excluding carboxylic acids is 2. The zero-order chi connectivity index (χ0) is 17.8. The Balaban J connectivity index is 1.58. The molecule has 1 aliphatic rings. The van der Waals surface area contributed by atoms with Crippen LogP contribution in [-0.2, 0) is 4.79 Å². The lowest BCUT2D eigenvalue weighted by Crippen LogP contribution is -2.43. The van der Waals surface area contributed by atoms with Gasteiger partial charge in [-0.15, -0.1) is 0 Å². The number of likely N-dealkylation sites (tertiary alicyclic amines) is 1. The molecule has 3 rings (SSSR count). The molecule has 0 saturated carbocycles. The summed E-state index contributed by atoms with van der Waals surface area (Å²) in [6.45, 7) is 3.94. The van der Waals surface area contributed by atoms with Gasteiger partial charge in [0.1, 0.15) is 11.5 Å². The van der Waals surface area contributed by atoms with Crippen LogP contribution in [0.4, 0.5) is 4.39 Å². The zero-order valence-electron chi connectivity index (χ0n) is 14.5. The normalized spacial score (nSPS) is 15.5. The third-order valence-electron chi connectivity index (χ3n) is 4.80. The van der Waals surface area contributed by atoms with Gasteiger partial charge in [0, 0.05) is 36.5 Å². The summed E-state index contributed by atoms with van der Waals surface area (Å²) in [5, 5.41) is 3.66. The molecule has 2 heterocycles. The maximum atomic E-state index is 13.3. The van der Waals surface area contributed by atoms with Gasteiger partial charge >= 0.3 is 0 Å². The van der Waals surface area contributed by atoms with Crippen LogP contribution in [0.5, 0.6) is 0 Å². The van der Waals surface area contributed by atoms with E-state index in [0.29, 0.717) is 37.0 Å². The van der Waals surface area contributed by atoms with Gasteiger partial charge in [-0.3, -0.25) is 9.59 Å². The van der Waals surface area contributed by atoms with E-state index in [1.165, 1.54) is 12.1 Å². The summed E-state index contributed by atoms with van der Waals surface area (Å²) in [7, 11) is 0. The number of hydrogen-bond donors (Lipinski definition) is 2. The van der Waals surface area contributed by atoms with Crippen molar-refractivity contribution in [3.05, 3.63) is 35.8 Å². The number of amides is 2. The third-order valence-corrected chi connectivity index (χ3v) is 4.80. The van der Waals surface area contributed by atoms with Gasteiger partial charge in [-0.2, -0.15) is 0 Å². The second-order valence-electron chi connectivity index (χ2n) is 6.63. The SMILES string of the molecule is CCCCNC(=O)C1CCN(C(=O)c2cc3cc(F)ccc3[nH]2)CC1. The lowest BCUT2D eigenvalue weighted by molar-refractivity contribution is -0.126. The summed E-state index contributed by atoms with van der Waals surface area (Å²) in [6, 6.07) is 6.10. The monoisotopic (exact) mass is 345 g/mol. The highest BCUT2D eigenvalue weighted by molar-refractivity contribution is 5.98. The number of carbonyl (C=O) groups is 2. The number of aromatic amines is 1. The predicted molar refractivity (Wildman–Crippen MR) is 94.8 cm³/mol. The Kier molecular flexibility index (Phi) is 5.36. The van der Waals surface area contributed by atoms with E-state index < -0.39 is 0 Å². The van der Waals surface area contributed by atoms with Crippen LogP contribution >= 0.6 is 0 Å². The average molecular weight is 345 g/mol. The van der Waals surface area contributed by atoms with Gasteiger partial charge in [-0.25, -0.2) is 4.39 Å². The standard InChI is InChI=1S/C19H24FN3O2/c1-2-3-8-21-18(24)13-6-9-23(10-7-13)19(25)17-12-14-11-15(20)4-5-16(14)22-17/h4-5,11-13,22H,2-3,6-10H2,1H3,(H,21,24). The summed E-state index contributed by atoms with van der Waals surface area (Å²) in [5.74, 6) is -0.332. The fourth-order valence-electron chi connectivity index (χ4n) is 3.27. The molecule has 0 unspecified atom stereocenters. The summed E-state index contributed by atoms with van der Waals surface area (Å²) < 4.78 is 13.3. The minimum atomic E-state index is -0.319. The predicted octanol–water partition coefficient (Wildman–Crippen LogP) is 3.08. The Bertz CT molecular complexity index is 763. The molecule has 5 nitrogen and oxygen atoms in total. The molecule has 1 aromatic heterocycles. The molecular formula is C19H24FN3O2. The van der Waals surface area contributed by atoms with Gasteiger partial charge in [-0.05, 0) is 43.5 Å². The van der Waals surface area contributed by atoms with Crippen LogP contribution in [0.3, 0.4) is 0 Å².